The maximum Gasteiger partial charge on any atom is 0.339 e. The van der Waals surface area contributed by atoms with Gasteiger partial charge in [0, 0.05) is 6.08 Å². The molecule has 0 spiro atoms. The molecule has 0 fully saturated rings. The summed E-state index contributed by atoms with van der Waals surface area (Å²) in [7, 11) is 0. The number of carboxylic acids is 2. The summed E-state index contributed by atoms with van der Waals surface area (Å²) in [6.07, 6.45) is 0.846. The van der Waals surface area contributed by atoms with Crippen LogP contribution in [-0.4, -0.2) is 28.1 Å². The minimum absolute atomic E-state index is 0.179. The average Bonchev–Trinajstić information content (AvgIpc) is 2.28. The van der Waals surface area contributed by atoms with Crippen molar-refractivity contribution in [2.24, 2.45) is 0 Å². The van der Waals surface area contributed by atoms with Crippen molar-refractivity contribution in [2.75, 3.05) is 0 Å². The van der Waals surface area contributed by atoms with Gasteiger partial charge in [-0.15, -0.1) is 0 Å². The Balaban J connectivity index is 3.24. The van der Waals surface area contributed by atoms with E-state index in [9.17, 15) is 14.4 Å². The van der Waals surface area contributed by atoms with E-state index in [1.165, 1.54) is 0 Å². The first kappa shape index (κ1) is 12.4. The van der Waals surface area contributed by atoms with Crippen molar-refractivity contribution in [2.45, 2.75) is 0 Å². The third-order valence-corrected chi connectivity index (χ3v) is 1.84. The maximum atomic E-state index is 11.0. The summed E-state index contributed by atoms with van der Waals surface area (Å²) in [6.45, 7) is 3.15. The summed E-state index contributed by atoms with van der Waals surface area (Å²) in [6, 6.07) is 3.13. The van der Waals surface area contributed by atoms with Crippen LogP contribution in [0.4, 0.5) is 0 Å². The van der Waals surface area contributed by atoms with Gasteiger partial charge >= 0.3 is 17.9 Å². The van der Waals surface area contributed by atoms with E-state index in [0.717, 1.165) is 24.3 Å². The first-order valence-corrected chi connectivity index (χ1v) is 4.40. The topological polar surface area (TPSA) is 101 Å². The highest BCUT2D eigenvalue weighted by molar-refractivity contribution is 5.96. The van der Waals surface area contributed by atoms with Crippen molar-refractivity contribution in [1.29, 1.82) is 0 Å². The predicted molar refractivity (Wildman–Crippen MR) is 56.2 cm³/mol. The van der Waals surface area contributed by atoms with Crippen LogP contribution in [0.1, 0.15) is 20.7 Å². The molecular weight excluding hydrogens is 228 g/mol. The molecule has 0 saturated heterocycles. The van der Waals surface area contributed by atoms with Crippen molar-refractivity contribution >= 4 is 17.9 Å². The van der Waals surface area contributed by atoms with Gasteiger partial charge in [0.15, 0.2) is 0 Å². The summed E-state index contributed by atoms with van der Waals surface area (Å²) in [5, 5.41) is 17.5. The highest BCUT2D eigenvalue weighted by atomic mass is 16.5. The Morgan fingerprint density at radius 2 is 1.82 bits per heavy atom. The number of carboxylic acid groups (broad SMARTS) is 2. The highest BCUT2D eigenvalue weighted by Crippen LogP contribution is 2.21. The third-order valence-electron chi connectivity index (χ3n) is 1.84. The lowest BCUT2D eigenvalue weighted by Crippen LogP contribution is -2.09. The molecular formula is C11H8O6. The molecule has 1 rings (SSSR count). The van der Waals surface area contributed by atoms with E-state index in [4.69, 9.17) is 10.2 Å². The molecule has 1 aromatic rings. The van der Waals surface area contributed by atoms with Crippen LogP contribution in [0.3, 0.4) is 0 Å². The second kappa shape index (κ2) is 4.93. The van der Waals surface area contributed by atoms with Gasteiger partial charge in [-0.1, -0.05) is 6.58 Å². The first-order chi connectivity index (χ1) is 7.95. The Bertz CT molecular complexity index is 503. The van der Waals surface area contributed by atoms with E-state index in [2.05, 4.69) is 11.3 Å². The summed E-state index contributed by atoms with van der Waals surface area (Å²) < 4.78 is 4.65. The van der Waals surface area contributed by atoms with E-state index < -0.39 is 17.9 Å². The standard InChI is InChI=1S/C11H8O6/c1-2-9(12)17-8-5-6(10(13)14)3-4-7(8)11(15)16/h2-5H,1H2,(H,13,14)(H,15,16). The molecule has 0 amide bonds. The van der Waals surface area contributed by atoms with Crippen LogP contribution in [0.5, 0.6) is 5.75 Å². The molecule has 0 atom stereocenters. The zero-order chi connectivity index (χ0) is 13.0. The molecule has 6 heteroatoms. The van der Waals surface area contributed by atoms with Crippen LogP contribution in [-0.2, 0) is 4.79 Å². The molecule has 0 heterocycles. The molecule has 88 valence electrons. The van der Waals surface area contributed by atoms with Crippen LogP contribution in [0.25, 0.3) is 0 Å². The Kier molecular flexibility index (Phi) is 3.61. The van der Waals surface area contributed by atoms with Gasteiger partial charge in [-0.25, -0.2) is 14.4 Å². The number of ether oxygens (including phenoxy) is 1. The Morgan fingerprint density at radius 3 is 2.29 bits per heavy atom. The summed E-state index contributed by atoms with van der Waals surface area (Å²) >= 11 is 0. The summed E-state index contributed by atoms with van der Waals surface area (Å²) in [5.41, 5.74) is -0.480. The van der Waals surface area contributed by atoms with Crippen molar-refractivity contribution in [3.63, 3.8) is 0 Å². The molecule has 17 heavy (non-hydrogen) atoms. The smallest absolute Gasteiger partial charge is 0.339 e. The molecule has 0 aliphatic heterocycles. The zero-order valence-corrected chi connectivity index (χ0v) is 8.54. The Labute approximate surface area is 95.8 Å². The van der Waals surface area contributed by atoms with Crippen LogP contribution in [0.15, 0.2) is 30.9 Å². The molecule has 6 nitrogen and oxygen atoms in total. The van der Waals surface area contributed by atoms with Gasteiger partial charge in [0.1, 0.15) is 11.3 Å². The van der Waals surface area contributed by atoms with E-state index >= 15 is 0 Å². The van der Waals surface area contributed by atoms with Gasteiger partial charge in [-0.3, -0.25) is 0 Å². The largest absolute Gasteiger partial charge is 0.478 e. The van der Waals surface area contributed by atoms with Crippen LogP contribution < -0.4 is 4.74 Å². The van der Waals surface area contributed by atoms with E-state index in [1.807, 2.05) is 0 Å². The lowest BCUT2D eigenvalue weighted by atomic mass is 10.1. The summed E-state index contributed by atoms with van der Waals surface area (Å²) in [5.74, 6) is -3.77. The van der Waals surface area contributed by atoms with Gasteiger partial charge in [-0.05, 0) is 18.2 Å². The number of aromatic carboxylic acids is 2. The maximum absolute atomic E-state index is 11.0. The fourth-order valence-electron chi connectivity index (χ4n) is 1.07. The molecule has 0 aromatic heterocycles. The van der Waals surface area contributed by atoms with Crippen LogP contribution >= 0.6 is 0 Å². The summed E-state index contributed by atoms with van der Waals surface area (Å²) in [4.78, 5) is 32.4. The fraction of sp³-hybridized carbons (Fsp3) is 0. The first-order valence-electron chi connectivity index (χ1n) is 4.40. The minimum Gasteiger partial charge on any atom is -0.478 e. The SMILES string of the molecule is C=CC(=O)Oc1cc(C(=O)O)ccc1C(=O)O. The van der Waals surface area contributed by atoms with Crippen molar-refractivity contribution in [3.05, 3.63) is 42.0 Å². The van der Waals surface area contributed by atoms with E-state index in [-0.39, 0.29) is 16.9 Å². The van der Waals surface area contributed by atoms with E-state index in [1.54, 1.807) is 0 Å². The quantitative estimate of drug-likeness (QED) is 0.462. The van der Waals surface area contributed by atoms with Gasteiger partial charge in [0.25, 0.3) is 0 Å². The molecule has 0 aliphatic carbocycles. The van der Waals surface area contributed by atoms with Crippen LogP contribution in [0.2, 0.25) is 0 Å². The lowest BCUT2D eigenvalue weighted by molar-refractivity contribution is -0.128. The molecule has 0 bridgehead atoms. The molecule has 1 aromatic carbocycles. The van der Waals surface area contributed by atoms with Crippen molar-refractivity contribution in [3.8, 4) is 5.75 Å². The zero-order valence-electron chi connectivity index (χ0n) is 8.54. The normalized spacial score (nSPS) is 9.41. The van der Waals surface area contributed by atoms with Crippen molar-refractivity contribution in [1.82, 2.24) is 0 Å². The number of hydrogen-bond acceptors (Lipinski definition) is 4. The van der Waals surface area contributed by atoms with Gasteiger partial charge in [0.2, 0.25) is 0 Å². The Morgan fingerprint density at radius 1 is 1.18 bits per heavy atom. The second-order valence-electron chi connectivity index (χ2n) is 2.95. The highest BCUT2D eigenvalue weighted by Gasteiger charge is 2.16. The molecule has 0 saturated carbocycles. The molecule has 0 unspecified atom stereocenters. The van der Waals surface area contributed by atoms with Crippen LogP contribution in [0, 0.1) is 0 Å². The predicted octanol–water partition coefficient (Wildman–Crippen LogP) is 1.17. The minimum atomic E-state index is -1.33. The number of benzene rings is 1. The number of esters is 1. The van der Waals surface area contributed by atoms with Gasteiger partial charge in [0.05, 0.1) is 5.56 Å². The number of hydrogen-bond donors (Lipinski definition) is 2. The van der Waals surface area contributed by atoms with Crippen molar-refractivity contribution < 1.29 is 29.3 Å². The lowest BCUT2D eigenvalue weighted by Gasteiger charge is -2.06. The number of carbonyl (C=O) groups excluding carboxylic acids is 1. The van der Waals surface area contributed by atoms with Gasteiger partial charge in [-0.2, -0.15) is 0 Å². The molecule has 2 N–H and O–H groups in total. The molecule has 0 aliphatic rings. The number of rotatable bonds is 4. The van der Waals surface area contributed by atoms with Gasteiger partial charge < -0.3 is 14.9 Å². The average molecular weight is 236 g/mol. The monoisotopic (exact) mass is 236 g/mol. The van der Waals surface area contributed by atoms with E-state index in [0.29, 0.717) is 0 Å². The number of carbonyl (C=O) groups is 3. The molecule has 0 radical (unpaired) electrons. The Hall–Kier alpha value is -2.63. The third kappa shape index (κ3) is 2.91. The fourth-order valence-corrected chi connectivity index (χ4v) is 1.07. The second-order valence-corrected chi connectivity index (χ2v) is 2.95.